The minimum Gasteiger partial charge on any atom is -0.455 e. The summed E-state index contributed by atoms with van der Waals surface area (Å²) < 4.78 is 21.7. The van der Waals surface area contributed by atoms with Crippen molar-refractivity contribution in [3.05, 3.63) is 77.7 Å². The lowest BCUT2D eigenvalue weighted by molar-refractivity contribution is 0.566. The zero-order chi connectivity index (χ0) is 20.8. The molecule has 0 aliphatic carbocycles. The first-order valence-electron chi connectivity index (χ1n) is 10.6. The fourth-order valence-electron chi connectivity index (χ4n) is 4.64. The molecule has 0 fully saturated rings. The highest BCUT2D eigenvalue weighted by atomic mass is 19.1. The molecular formula is C27H24FNO. The molecule has 30 heavy (non-hydrogen) atoms. The van der Waals surface area contributed by atoms with E-state index in [2.05, 4.69) is 44.0 Å². The van der Waals surface area contributed by atoms with Crippen molar-refractivity contribution in [2.45, 2.75) is 39.5 Å². The number of halogens is 1. The Labute approximate surface area is 175 Å². The van der Waals surface area contributed by atoms with Crippen LogP contribution in [0, 0.1) is 12.7 Å². The highest BCUT2D eigenvalue weighted by molar-refractivity contribution is 6.11. The third-order valence-corrected chi connectivity index (χ3v) is 6.21. The average Bonchev–Trinajstić information content (AvgIpc) is 3.14. The van der Waals surface area contributed by atoms with Crippen molar-refractivity contribution in [3.8, 4) is 11.3 Å². The molecule has 3 aromatic carbocycles. The van der Waals surface area contributed by atoms with Gasteiger partial charge in [-0.15, -0.1) is 0 Å². The molecule has 0 spiro atoms. The van der Waals surface area contributed by atoms with Gasteiger partial charge in [0.05, 0.1) is 5.69 Å². The van der Waals surface area contributed by atoms with Crippen molar-refractivity contribution in [1.29, 1.82) is 0 Å². The Morgan fingerprint density at radius 1 is 0.900 bits per heavy atom. The largest absolute Gasteiger partial charge is 0.455 e. The van der Waals surface area contributed by atoms with Crippen LogP contribution in [0.3, 0.4) is 0 Å². The molecule has 0 saturated heterocycles. The molecule has 150 valence electrons. The summed E-state index contributed by atoms with van der Waals surface area (Å²) >= 11 is 0. The second-order valence-corrected chi connectivity index (χ2v) is 8.02. The van der Waals surface area contributed by atoms with Crippen LogP contribution in [0.25, 0.3) is 44.0 Å². The molecule has 0 unspecified atom stereocenters. The number of para-hydroxylation sites is 1. The summed E-state index contributed by atoms with van der Waals surface area (Å²) in [5.41, 5.74) is 5.23. The topological polar surface area (TPSA) is 26.0 Å². The molecule has 2 heterocycles. The third kappa shape index (κ3) is 2.80. The standard InChI is InChI=1S/C27H24FNO/c1-4-17(5-2)18-10-11-21-20(25(18)28)12-13-29-26(21)23-15-16(3)14-22-19-8-6-7-9-24(19)30-27(22)23/h6-15,17H,4-5H2,1-3H3. The van der Waals surface area contributed by atoms with Crippen molar-refractivity contribution < 1.29 is 8.81 Å². The van der Waals surface area contributed by atoms with Gasteiger partial charge in [0.1, 0.15) is 17.0 Å². The second kappa shape index (κ2) is 7.24. The smallest absolute Gasteiger partial charge is 0.144 e. The van der Waals surface area contributed by atoms with E-state index >= 15 is 4.39 Å². The molecule has 0 radical (unpaired) electrons. The normalized spacial score (nSPS) is 11.9. The number of aromatic nitrogens is 1. The molecule has 5 aromatic rings. The Morgan fingerprint density at radius 2 is 1.70 bits per heavy atom. The van der Waals surface area contributed by atoms with Gasteiger partial charge in [0.2, 0.25) is 0 Å². The fraction of sp³-hybridized carbons (Fsp3) is 0.222. The maximum Gasteiger partial charge on any atom is 0.144 e. The van der Waals surface area contributed by atoms with E-state index in [1.165, 1.54) is 0 Å². The van der Waals surface area contributed by atoms with Crippen molar-refractivity contribution in [1.82, 2.24) is 4.98 Å². The number of hydrogen-bond acceptors (Lipinski definition) is 2. The molecule has 3 heteroatoms. The van der Waals surface area contributed by atoms with Crippen LogP contribution in [-0.4, -0.2) is 4.98 Å². The number of furan rings is 1. The number of nitrogens with zero attached hydrogens (tertiary/aromatic N) is 1. The van der Waals surface area contributed by atoms with Crippen molar-refractivity contribution in [3.63, 3.8) is 0 Å². The monoisotopic (exact) mass is 397 g/mol. The molecular weight excluding hydrogens is 373 g/mol. The Bertz CT molecular complexity index is 1390. The molecule has 0 aliphatic rings. The van der Waals surface area contributed by atoms with Crippen LogP contribution in [0.5, 0.6) is 0 Å². The molecule has 0 saturated carbocycles. The summed E-state index contributed by atoms with van der Waals surface area (Å²) in [6.07, 6.45) is 3.55. The van der Waals surface area contributed by atoms with Crippen LogP contribution >= 0.6 is 0 Å². The fourth-order valence-corrected chi connectivity index (χ4v) is 4.64. The Hall–Kier alpha value is -3.20. The lowest BCUT2D eigenvalue weighted by Crippen LogP contribution is -2.00. The van der Waals surface area contributed by atoms with Crippen LogP contribution in [0.1, 0.15) is 43.7 Å². The van der Waals surface area contributed by atoms with Crippen molar-refractivity contribution >= 4 is 32.7 Å². The van der Waals surface area contributed by atoms with Gasteiger partial charge < -0.3 is 4.42 Å². The van der Waals surface area contributed by atoms with Gasteiger partial charge in [0.25, 0.3) is 0 Å². The predicted octanol–water partition coefficient (Wildman–Crippen LogP) is 8.15. The summed E-state index contributed by atoms with van der Waals surface area (Å²) in [7, 11) is 0. The number of hydrogen-bond donors (Lipinski definition) is 0. The van der Waals surface area contributed by atoms with Gasteiger partial charge in [-0.3, -0.25) is 4.98 Å². The number of rotatable bonds is 4. The lowest BCUT2D eigenvalue weighted by atomic mass is 9.90. The van der Waals surface area contributed by atoms with Crippen LogP contribution in [0.4, 0.5) is 4.39 Å². The van der Waals surface area contributed by atoms with Gasteiger partial charge in [-0.2, -0.15) is 0 Å². The molecule has 0 bridgehead atoms. The zero-order valence-corrected chi connectivity index (χ0v) is 17.5. The van der Waals surface area contributed by atoms with E-state index in [1.807, 2.05) is 30.3 Å². The molecule has 0 amide bonds. The highest BCUT2D eigenvalue weighted by Crippen LogP contribution is 2.39. The first kappa shape index (κ1) is 18.8. The van der Waals surface area contributed by atoms with Gasteiger partial charge >= 0.3 is 0 Å². The van der Waals surface area contributed by atoms with Crippen LogP contribution in [0.15, 0.2) is 65.2 Å². The number of pyridine rings is 1. The van der Waals surface area contributed by atoms with E-state index in [-0.39, 0.29) is 11.7 Å². The van der Waals surface area contributed by atoms with Gasteiger partial charge in [-0.05, 0) is 61.1 Å². The van der Waals surface area contributed by atoms with E-state index in [9.17, 15) is 0 Å². The lowest BCUT2D eigenvalue weighted by Gasteiger charge is -2.16. The van der Waals surface area contributed by atoms with E-state index in [0.717, 1.165) is 62.6 Å². The van der Waals surface area contributed by atoms with Crippen LogP contribution in [-0.2, 0) is 0 Å². The second-order valence-electron chi connectivity index (χ2n) is 8.02. The van der Waals surface area contributed by atoms with E-state index in [1.54, 1.807) is 12.3 Å². The SMILES string of the molecule is CCC(CC)c1ccc2c(-c3cc(C)cc4c3oc3ccccc34)nccc2c1F. The predicted molar refractivity (Wildman–Crippen MR) is 122 cm³/mol. The zero-order valence-electron chi connectivity index (χ0n) is 17.5. The Balaban J connectivity index is 1.82. The first-order chi connectivity index (χ1) is 14.6. The van der Waals surface area contributed by atoms with Crippen LogP contribution < -0.4 is 0 Å². The van der Waals surface area contributed by atoms with Gasteiger partial charge in [0, 0.05) is 33.3 Å². The highest BCUT2D eigenvalue weighted by Gasteiger charge is 2.19. The third-order valence-electron chi connectivity index (χ3n) is 6.21. The van der Waals surface area contributed by atoms with Crippen molar-refractivity contribution in [2.75, 3.05) is 0 Å². The minimum absolute atomic E-state index is 0.127. The van der Waals surface area contributed by atoms with E-state index in [0.29, 0.717) is 5.39 Å². The molecule has 2 nitrogen and oxygen atoms in total. The Kier molecular flexibility index (Phi) is 4.54. The summed E-state index contributed by atoms with van der Waals surface area (Å²) in [5.74, 6) is 0.102. The number of aryl methyl sites for hydroxylation is 1. The molecule has 5 rings (SSSR count). The number of fused-ring (bicyclic) bond motifs is 4. The van der Waals surface area contributed by atoms with Gasteiger partial charge in [-0.1, -0.05) is 44.2 Å². The molecule has 0 N–H and O–H groups in total. The van der Waals surface area contributed by atoms with E-state index < -0.39 is 0 Å². The van der Waals surface area contributed by atoms with E-state index in [4.69, 9.17) is 4.42 Å². The minimum atomic E-state index is -0.127. The summed E-state index contributed by atoms with van der Waals surface area (Å²) in [5, 5.41) is 3.58. The maximum absolute atomic E-state index is 15.5. The van der Waals surface area contributed by atoms with Crippen molar-refractivity contribution in [2.24, 2.45) is 0 Å². The quantitative estimate of drug-likeness (QED) is 0.306. The number of benzene rings is 3. The summed E-state index contributed by atoms with van der Waals surface area (Å²) in [6, 6.07) is 18.0. The average molecular weight is 397 g/mol. The van der Waals surface area contributed by atoms with Gasteiger partial charge in [0.15, 0.2) is 0 Å². The molecule has 0 aliphatic heterocycles. The maximum atomic E-state index is 15.5. The molecule has 0 atom stereocenters. The van der Waals surface area contributed by atoms with Crippen LogP contribution in [0.2, 0.25) is 0 Å². The van der Waals surface area contributed by atoms with Gasteiger partial charge in [-0.25, -0.2) is 4.39 Å². The Morgan fingerprint density at radius 3 is 2.50 bits per heavy atom. The first-order valence-corrected chi connectivity index (χ1v) is 10.6. The summed E-state index contributed by atoms with van der Waals surface area (Å²) in [4.78, 5) is 4.67. The molecule has 2 aromatic heterocycles. The summed E-state index contributed by atoms with van der Waals surface area (Å²) in [6.45, 7) is 6.29.